The number of nitrogens with one attached hydrogen (secondary N) is 1. The van der Waals surface area contributed by atoms with E-state index >= 15 is 0 Å². The highest BCUT2D eigenvalue weighted by Gasteiger charge is 2.30. The quantitative estimate of drug-likeness (QED) is 0.711. The molecule has 0 aliphatic heterocycles. The molecule has 26 heavy (non-hydrogen) atoms. The van der Waals surface area contributed by atoms with Crippen molar-refractivity contribution in [3.8, 4) is 5.00 Å². The third-order valence-corrected chi connectivity index (χ3v) is 6.26. The maximum atomic E-state index is 13.1. The highest BCUT2D eigenvalue weighted by atomic mass is 32.2. The number of thiophene rings is 1. The number of amides is 1. The van der Waals surface area contributed by atoms with Crippen molar-refractivity contribution in [3.05, 3.63) is 22.3 Å². The van der Waals surface area contributed by atoms with E-state index in [1.54, 1.807) is 23.1 Å². The second-order valence-electron chi connectivity index (χ2n) is 5.98. The van der Waals surface area contributed by atoms with Crippen molar-refractivity contribution in [1.82, 2.24) is 25.5 Å². The largest absolute Gasteiger partial charge is 0.467 e. The Hall–Kier alpha value is -1.94. The fourth-order valence-corrected chi connectivity index (χ4v) is 4.83. The van der Waals surface area contributed by atoms with Gasteiger partial charge in [0, 0.05) is 4.88 Å². The Kier molecular flexibility index (Phi) is 6.25. The SMILES string of the molecule is COC(=O)C(CCSC)NC(=O)c1c(-n2cnnn2)sc2c1CCCC2. The molecule has 0 saturated heterocycles. The minimum Gasteiger partial charge on any atom is -0.467 e. The maximum Gasteiger partial charge on any atom is 0.328 e. The van der Waals surface area contributed by atoms with Crippen molar-refractivity contribution >= 4 is 35.0 Å². The van der Waals surface area contributed by atoms with Crippen LogP contribution in [-0.2, 0) is 22.4 Å². The average molecular weight is 396 g/mol. The lowest BCUT2D eigenvalue weighted by Crippen LogP contribution is -2.42. The molecule has 0 aromatic carbocycles. The molecular formula is C16H21N5O3S2. The number of fused-ring (bicyclic) bond motifs is 1. The molecule has 1 unspecified atom stereocenters. The molecule has 8 nitrogen and oxygen atoms in total. The Morgan fingerprint density at radius 3 is 2.92 bits per heavy atom. The average Bonchev–Trinajstić information content (AvgIpc) is 3.31. The van der Waals surface area contributed by atoms with E-state index < -0.39 is 12.0 Å². The van der Waals surface area contributed by atoms with Crippen molar-refractivity contribution < 1.29 is 14.3 Å². The number of ether oxygens (including phenoxy) is 1. The smallest absolute Gasteiger partial charge is 0.328 e. The van der Waals surface area contributed by atoms with E-state index in [4.69, 9.17) is 4.74 Å². The summed E-state index contributed by atoms with van der Waals surface area (Å²) in [5.74, 6) is 0.0497. The second-order valence-corrected chi connectivity index (χ2v) is 8.05. The third-order valence-electron chi connectivity index (χ3n) is 4.34. The summed E-state index contributed by atoms with van der Waals surface area (Å²) in [7, 11) is 1.33. The van der Waals surface area contributed by atoms with Crippen LogP contribution in [0.25, 0.3) is 5.00 Å². The Morgan fingerprint density at radius 2 is 2.23 bits per heavy atom. The van der Waals surface area contributed by atoms with Crippen molar-refractivity contribution in [1.29, 1.82) is 0 Å². The first-order chi connectivity index (χ1) is 12.7. The lowest BCUT2D eigenvalue weighted by molar-refractivity contribution is -0.142. The first-order valence-corrected chi connectivity index (χ1v) is 10.6. The molecule has 1 aliphatic carbocycles. The van der Waals surface area contributed by atoms with Crippen LogP contribution in [0.3, 0.4) is 0 Å². The number of carbonyl (C=O) groups is 2. The number of carbonyl (C=O) groups excluding carboxylic acids is 2. The van der Waals surface area contributed by atoms with Crippen molar-refractivity contribution in [3.63, 3.8) is 0 Å². The number of hydrogen-bond donors (Lipinski definition) is 1. The van der Waals surface area contributed by atoms with Crippen LogP contribution in [0.1, 0.15) is 40.1 Å². The number of aromatic nitrogens is 4. The zero-order chi connectivity index (χ0) is 18.5. The molecule has 0 spiro atoms. The molecule has 1 atom stereocenters. The minimum absolute atomic E-state index is 0.272. The summed E-state index contributed by atoms with van der Waals surface area (Å²) < 4.78 is 6.37. The van der Waals surface area contributed by atoms with Gasteiger partial charge in [0.25, 0.3) is 5.91 Å². The standard InChI is InChI=1S/C16H21N5O3S2/c1-24-16(23)11(7-8-25-2)18-14(22)13-10-5-3-4-6-12(10)26-15(13)21-9-17-19-20-21/h9,11H,3-8H2,1-2H3,(H,18,22). The molecule has 2 aromatic rings. The number of aryl methyl sites for hydroxylation is 1. The summed E-state index contributed by atoms with van der Waals surface area (Å²) in [4.78, 5) is 26.3. The number of tetrazole rings is 1. The molecule has 10 heteroatoms. The van der Waals surface area contributed by atoms with Crippen LogP contribution in [0.15, 0.2) is 6.33 Å². The van der Waals surface area contributed by atoms with E-state index in [9.17, 15) is 9.59 Å². The van der Waals surface area contributed by atoms with Crippen molar-refractivity contribution in [2.45, 2.75) is 38.1 Å². The first kappa shape index (κ1) is 18.8. The van der Waals surface area contributed by atoms with Crippen LogP contribution in [-0.4, -0.2) is 57.2 Å². The number of hydrogen-bond acceptors (Lipinski definition) is 8. The Balaban J connectivity index is 1.92. The molecule has 140 valence electrons. The summed E-state index contributed by atoms with van der Waals surface area (Å²) in [6.45, 7) is 0. The van der Waals surface area contributed by atoms with Gasteiger partial charge in [0.05, 0.1) is 12.7 Å². The highest BCUT2D eigenvalue weighted by molar-refractivity contribution is 7.98. The molecule has 0 radical (unpaired) electrons. The van der Waals surface area contributed by atoms with Gasteiger partial charge >= 0.3 is 5.97 Å². The number of nitrogens with zero attached hydrogens (tertiary/aromatic N) is 4. The Bertz CT molecular complexity index is 775. The van der Waals surface area contributed by atoms with Crippen molar-refractivity contribution in [2.24, 2.45) is 0 Å². The summed E-state index contributed by atoms with van der Waals surface area (Å²) in [6.07, 6.45) is 7.93. The normalized spacial score (nSPS) is 14.5. The number of esters is 1. The number of rotatable bonds is 7. The summed E-state index contributed by atoms with van der Waals surface area (Å²) in [6, 6.07) is -0.666. The van der Waals surface area contributed by atoms with Crippen LogP contribution in [0.2, 0.25) is 0 Å². The second kappa shape index (κ2) is 8.63. The topological polar surface area (TPSA) is 99.0 Å². The molecule has 2 aromatic heterocycles. The van der Waals surface area contributed by atoms with E-state index in [-0.39, 0.29) is 5.91 Å². The third kappa shape index (κ3) is 3.90. The Labute approximate surface area is 159 Å². The fourth-order valence-electron chi connectivity index (χ4n) is 3.06. The molecule has 2 heterocycles. The van der Waals surface area contributed by atoms with Crippen LogP contribution in [0, 0.1) is 0 Å². The van der Waals surface area contributed by atoms with Crippen LogP contribution < -0.4 is 5.32 Å². The highest BCUT2D eigenvalue weighted by Crippen LogP contribution is 2.36. The molecule has 1 aliphatic rings. The van der Waals surface area contributed by atoms with E-state index in [0.717, 1.165) is 37.0 Å². The predicted molar refractivity (Wildman–Crippen MR) is 99.9 cm³/mol. The van der Waals surface area contributed by atoms with Gasteiger partial charge in [-0.3, -0.25) is 4.79 Å². The monoisotopic (exact) mass is 395 g/mol. The van der Waals surface area contributed by atoms with E-state index in [0.29, 0.717) is 17.0 Å². The van der Waals surface area contributed by atoms with Gasteiger partial charge in [-0.15, -0.1) is 16.4 Å². The summed E-state index contributed by atoms with van der Waals surface area (Å²) in [5, 5.41) is 14.9. The van der Waals surface area contributed by atoms with Gasteiger partial charge in [-0.25, -0.2) is 4.79 Å². The minimum atomic E-state index is -0.666. The van der Waals surface area contributed by atoms with E-state index in [2.05, 4.69) is 20.8 Å². The summed E-state index contributed by atoms with van der Waals surface area (Å²) >= 11 is 3.17. The van der Waals surface area contributed by atoms with Crippen LogP contribution in [0.4, 0.5) is 0 Å². The predicted octanol–water partition coefficient (Wildman–Crippen LogP) is 1.63. The molecule has 1 N–H and O–H groups in total. The van der Waals surface area contributed by atoms with Gasteiger partial charge in [0.1, 0.15) is 17.4 Å². The number of thioether (sulfide) groups is 1. The zero-order valence-electron chi connectivity index (χ0n) is 14.7. The van der Waals surface area contributed by atoms with Crippen LogP contribution in [0.5, 0.6) is 0 Å². The molecule has 0 bridgehead atoms. The first-order valence-electron chi connectivity index (χ1n) is 8.41. The lowest BCUT2D eigenvalue weighted by Gasteiger charge is -2.18. The van der Waals surface area contributed by atoms with Gasteiger partial charge in [-0.05, 0) is 60.1 Å². The van der Waals surface area contributed by atoms with E-state index in [1.165, 1.54) is 23.0 Å². The van der Waals surface area contributed by atoms with Gasteiger partial charge in [0.15, 0.2) is 0 Å². The molecular weight excluding hydrogens is 374 g/mol. The lowest BCUT2D eigenvalue weighted by atomic mass is 9.95. The molecule has 0 fully saturated rings. The van der Waals surface area contributed by atoms with Gasteiger partial charge < -0.3 is 10.1 Å². The van der Waals surface area contributed by atoms with Gasteiger partial charge in [-0.1, -0.05) is 0 Å². The fraction of sp³-hybridized carbons (Fsp3) is 0.562. The number of methoxy groups -OCH3 is 1. The molecule has 0 saturated carbocycles. The maximum absolute atomic E-state index is 13.1. The molecule has 3 rings (SSSR count). The van der Waals surface area contributed by atoms with Gasteiger partial charge in [-0.2, -0.15) is 16.4 Å². The Morgan fingerprint density at radius 1 is 1.42 bits per heavy atom. The zero-order valence-corrected chi connectivity index (χ0v) is 16.4. The van der Waals surface area contributed by atoms with E-state index in [1.807, 2.05) is 6.26 Å². The van der Waals surface area contributed by atoms with Crippen molar-refractivity contribution in [2.75, 3.05) is 19.1 Å². The van der Waals surface area contributed by atoms with Crippen LogP contribution >= 0.6 is 23.1 Å². The van der Waals surface area contributed by atoms with Gasteiger partial charge in [0.2, 0.25) is 0 Å². The summed E-state index contributed by atoms with van der Waals surface area (Å²) in [5.41, 5.74) is 1.63. The molecule has 1 amide bonds.